The Morgan fingerprint density at radius 2 is 1.85 bits per heavy atom. The molecule has 0 saturated carbocycles. The van der Waals surface area contributed by atoms with Crippen LogP contribution in [0.3, 0.4) is 0 Å². The standard InChI is InChI=1S/C16H31NO3/c1-2-3-4-10-15-20-16(19)11-8-6-5-7-9-12-17-13-14-18/h3-4,17-18H,2,5-15H2,1H3/b4-3-. The summed E-state index contributed by atoms with van der Waals surface area (Å²) in [7, 11) is 0. The van der Waals surface area contributed by atoms with E-state index in [-0.39, 0.29) is 12.6 Å². The van der Waals surface area contributed by atoms with Crippen molar-refractivity contribution in [1.82, 2.24) is 5.32 Å². The first kappa shape index (κ1) is 19.1. The molecule has 0 radical (unpaired) electrons. The van der Waals surface area contributed by atoms with Gasteiger partial charge < -0.3 is 15.2 Å². The molecular weight excluding hydrogens is 254 g/mol. The molecule has 4 nitrogen and oxygen atoms in total. The molecule has 0 heterocycles. The third-order valence-corrected chi connectivity index (χ3v) is 2.97. The van der Waals surface area contributed by atoms with Gasteiger partial charge in [0.2, 0.25) is 0 Å². The third kappa shape index (κ3) is 15.2. The van der Waals surface area contributed by atoms with Gasteiger partial charge in [-0.3, -0.25) is 4.79 Å². The number of hydrogen-bond donors (Lipinski definition) is 2. The summed E-state index contributed by atoms with van der Waals surface area (Å²) in [6.45, 7) is 4.45. The van der Waals surface area contributed by atoms with Crippen LogP contribution < -0.4 is 5.32 Å². The van der Waals surface area contributed by atoms with Crippen LogP contribution in [-0.4, -0.2) is 37.4 Å². The molecule has 0 aromatic heterocycles. The number of ether oxygens (including phenoxy) is 1. The van der Waals surface area contributed by atoms with Gasteiger partial charge >= 0.3 is 5.97 Å². The second kappa shape index (κ2) is 16.2. The fraction of sp³-hybridized carbons (Fsp3) is 0.812. The maximum atomic E-state index is 11.4. The minimum atomic E-state index is -0.0699. The summed E-state index contributed by atoms with van der Waals surface area (Å²) < 4.78 is 5.14. The lowest BCUT2D eigenvalue weighted by Crippen LogP contribution is -2.19. The summed E-state index contributed by atoms with van der Waals surface area (Å²) in [6, 6.07) is 0. The molecule has 118 valence electrons. The Balaban J connectivity index is 3.17. The van der Waals surface area contributed by atoms with Gasteiger partial charge in [0.25, 0.3) is 0 Å². The van der Waals surface area contributed by atoms with Gasteiger partial charge in [0, 0.05) is 13.0 Å². The van der Waals surface area contributed by atoms with Gasteiger partial charge in [-0.05, 0) is 32.2 Å². The second-order valence-electron chi connectivity index (χ2n) is 4.88. The minimum absolute atomic E-state index is 0.0699. The van der Waals surface area contributed by atoms with Gasteiger partial charge in [-0.25, -0.2) is 0 Å². The fourth-order valence-electron chi connectivity index (χ4n) is 1.85. The molecule has 0 aliphatic heterocycles. The van der Waals surface area contributed by atoms with E-state index in [1.54, 1.807) is 0 Å². The van der Waals surface area contributed by atoms with Gasteiger partial charge in [-0.1, -0.05) is 38.3 Å². The fourth-order valence-corrected chi connectivity index (χ4v) is 1.85. The average Bonchev–Trinajstić information content (AvgIpc) is 2.45. The summed E-state index contributed by atoms with van der Waals surface area (Å²) in [6.07, 6.45) is 12.0. The van der Waals surface area contributed by atoms with Crippen LogP contribution in [0.4, 0.5) is 0 Å². The molecule has 0 aromatic rings. The van der Waals surface area contributed by atoms with Crippen molar-refractivity contribution in [2.75, 3.05) is 26.3 Å². The van der Waals surface area contributed by atoms with Crippen molar-refractivity contribution < 1.29 is 14.6 Å². The zero-order valence-corrected chi connectivity index (χ0v) is 12.9. The van der Waals surface area contributed by atoms with Crippen molar-refractivity contribution in [3.63, 3.8) is 0 Å². The highest BCUT2D eigenvalue weighted by molar-refractivity contribution is 5.69. The highest BCUT2D eigenvalue weighted by atomic mass is 16.5. The second-order valence-corrected chi connectivity index (χ2v) is 4.88. The van der Waals surface area contributed by atoms with Crippen LogP contribution in [0.15, 0.2) is 12.2 Å². The van der Waals surface area contributed by atoms with Gasteiger partial charge in [-0.2, -0.15) is 0 Å². The molecule has 0 rings (SSSR count). The van der Waals surface area contributed by atoms with Crippen molar-refractivity contribution in [3.05, 3.63) is 12.2 Å². The van der Waals surface area contributed by atoms with Crippen molar-refractivity contribution >= 4 is 5.97 Å². The highest BCUT2D eigenvalue weighted by Crippen LogP contribution is 2.06. The van der Waals surface area contributed by atoms with Crippen LogP contribution in [-0.2, 0) is 9.53 Å². The van der Waals surface area contributed by atoms with E-state index >= 15 is 0 Å². The first-order valence-corrected chi connectivity index (χ1v) is 7.93. The van der Waals surface area contributed by atoms with E-state index < -0.39 is 0 Å². The van der Waals surface area contributed by atoms with Gasteiger partial charge in [0.15, 0.2) is 0 Å². The number of aliphatic hydroxyl groups is 1. The van der Waals surface area contributed by atoms with Crippen molar-refractivity contribution in [3.8, 4) is 0 Å². The quantitative estimate of drug-likeness (QED) is 0.293. The van der Waals surface area contributed by atoms with Crippen molar-refractivity contribution in [2.24, 2.45) is 0 Å². The zero-order chi connectivity index (χ0) is 14.9. The van der Waals surface area contributed by atoms with E-state index in [0.29, 0.717) is 19.6 Å². The summed E-state index contributed by atoms with van der Waals surface area (Å²) in [5, 5.41) is 11.7. The molecule has 0 spiro atoms. The number of allylic oxidation sites excluding steroid dienone is 1. The Labute approximate surface area is 123 Å². The maximum absolute atomic E-state index is 11.4. The molecule has 0 bridgehead atoms. The monoisotopic (exact) mass is 285 g/mol. The molecule has 0 aliphatic carbocycles. The first-order chi connectivity index (χ1) is 9.81. The number of hydrogen-bond acceptors (Lipinski definition) is 4. The summed E-state index contributed by atoms with van der Waals surface area (Å²) >= 11 is 0. The predicted octanol–water partition coefficient (Wildman–Crippen LogP) is 2.81. The third-order valence-electron chi connectivity index (χ3n) is 2.97. The van der Waals surface area contributed by atoms with Gasteiger partial charge in [0.05, 0.1) is 13.2 Å². The van der Waals surface area contributed by atoms with E-state index in [9.17, 15) is 4.79 Å². The molecule has 4 heteroatoms. The molecule has 0 saturated heterocycles. The SMILES string of the molecule is CC/C=C\CCOC(=O)CCCCCCCNCCO. The Morgan fingerprint density at radius 1 is 1.10 bits per heavy atom. The Morgan fingerprint density at radius 3 is 2.60 bits per heavy atom. The number of rotatable bonds is 14. The number of carbonyl (C=O) groups excluding carboxylic acids is 1. The van der Waals surface area contributed by atoms with Crippen LogP contribution in [0.1, 0.15) is 58.3 Å². The summed E-state index contributed by atoms with van der Waals surface area (Å²) in [5.74, 6) is -0.0699. The predicted molar refractivity (Wildman–Crippen MR) is 82.7 cm³/mol. The van der Waals surface area contributed by atoms with Crippen LogP contribution >= 0.6 is 0 Å². The number of aliphatic hydroxyl groups excluding tert-OH is 1. The average molecular weight is 285 g/mol. The number of unbranched alkanes of at least 4 members (excludes halogenated alkanes) is 4. The van der Waals surface area contributed by atoms with E-state index in [0.717, 1.165) is 45.1 Å². The summed E-state index contributed by atoms with van der Waals surface area (Å²) in [4.78, 5) is 11.4. The van der Waals surface area contributed by atoms with E-state index in [4.69, 9.17) is 9.84 Å². The molecule has 0 atom stereocenters. The lowest BCUT2D eigenvalue weighted by atomic mass is 10.1. The maximum Gasteiger partial charge on any atom is 0.305 e. The molecule has 0 unspecified atom stereocenters. The topological polar surface area (TPSA) is 58.6 Å². The largest absolute Gasteiger partial charge is 0.465 e. The van der Waals surface area contributed by atoms with Crippen molar-refractivity contribution in [1.29, 1.82) is 0 Å². The van der Waals surface area contributed by atoms with E-state index in [2.05, 4.69) is 24.4 Å². The van der Waals surface area contributed by atoms with Crippen LogP contribution in [0.25, 0.3) is 0 Å². The first-order valence-electron chi connectivity index (χ1n) is 7.93. The normalized spacial score (nSPS) is 11.1. The van der Waals surface area contributed by atoms with Crippen LogP contribution in [0.2, 0.25) is 0 Å². The molecular formula is C16H31NO3. The van der Waals surface area contributed by atoms with E-state index in [1.165, 1.54) is 6.42 Å². The molecule has 0 aliphatic rings. The molecule has 0 aromatic carbocycles. The van der Waals surface area contributed by atoms with Crippen molar-refractivity contribution in [2.45, 2.75) is 58.3 Å². The van der Waals surface area contributed by atoms with E-state index in [1.807, 2.05) is 0 Å². The lowest BCUT2D eigenvalue weighted by molar-refractivity contribution is -0.143. The minimum Gasteiger partial charge on any atom is -0.465 e. The Kier molecular flexibility index (Phi) is 15.5. The molecule has 20 heavy (non-hydrogen) atoms. The Bertz CT molecular complexity index is 242. The van der Waals surface area contributed by atoms with Gasteiger partial charge in [-0.15, -0.1) is 0 Å². The summed E-state index contributed by atoms with van der Waals surface area (Å²) in [5.41, 5.74) is 0. The van der Waals surface area contributed by atoms with Gasteiger partial charge in [0.1, 0.15) is 0 Å². The number of carbonyl (C=O) groups is 1. The number of nitrogens with one attached hydrogen (secondary N) is 1. The molecule has 2 N–H and O–H groups in total. The smallest absolute Gasteiger partial charge is 0.305 e. The number of esters is 1. The Hall–Kier alpha value is -0.870. The van der Waals surface area contributed by atoms with Crippen LogP contribution in [0.5, 0.6) is 0 Å². The molecule has 0 fully saturated rings. The molecule has 0 amide bonds. The van der Waals surface area contributed by atoms with Crippen LogP contribution in [0, 0.1) is 0 Å². The highest BCUT2D eigenvalue weighted by Gasteiger charge is 2.01. The zero-order valence-electron chi connectivity index (χ0n) is 12.9. The lowest BCUT2D eigenvalue weighted by Gasteiger charge is -2.04.